The third-order valence-electron chi connectivity index (χ3n) is 5.64. The van der Waals surface area contributed by atoms with Crippen molar-refractivity contribution in [3.05, 3.63) is 70.5 Å². The monoisotopic (exact) mass is 392 g/mol. The van der Waals surface area contributed by atoms with Crippen LogP contribution in [0.1, 0.15) is 24.9 Å². The van der Waals surface area contributed by atoms with Crippen LogP contribution < -0.4 is 10.5 Å². The maximum Gasteiger partial charge on any atom is 0.278 e. The Bertz CT molecular complexity index is 1040. The van der Waals surface area contributed by atoms with Crippen molar-refractivity contribution in [1.29, 1.82) is 0 Å². The molecule has 2 heterocycles. The number of nitrogens with one attached hydrogen (secondary N) is 1. The van der Waals surface area contributed by atoms with E-state index < -0.39 is 6.04 Å². The van der Waals surface area contributed by atoms with Gasteiger partial charge in [-0.2, -0.15) is 4.68 Å². The van der Waals surface area contributed by atoms with Gasteiger partial charge >= 0.3 is 0 Å². The van der Waals surface area contributed by atoms with Gasteiger partial charge < -0.3 is 9.80 Å². The summed E-state index contributed by atoms with van der Waals surface area (Å²) in [5.41, 5.74) is 1.60. The maximum absolute atomic E-state index is 13.2. The lowest BCUT2D eigenvalue weighted by molar-refractivity contribution is -0.917. The standard InChI is InChI=1S/C22H25N5O2/c1-2-20(27-21(28)18-10-6-7-11-19(18)23-24-27)22(29)26-14-12-25(13-15-26)16-17-8-4-3-5-9-17/h3-11,20H,2,12-16H2,1H3/p+1/t20-/m0/s1. The molecule has 1 saturated heterocycles. The summed E-state index contributed by atoms with van der Waals surface area (Å²) in [6.07, 6.45) is 0.503. The Morgan fingerprint density at radius 1 is 1.07 bits per heavy atom. The molecule has 0 bridgehead atoms. The first kappa shape index (κ1) is 19.3. The van der Waals surface area contributed by atoms with E-state index in [0.717, 1.165) is 19.6 Å². The molecule has 0 aliphatic carbocycles. The predicted octanol–water partition coefficient (Wildman–Crippen LogP) is 0.670. The van der Waals surface area contributed by atoms with Gasteiger partial charge in [0, 0.05) is 5.56 Å². The third-order valence-corrected chi connectivity index (χ3v) is 5.64. The highest BCUT2D eigenvalue weighted by atomic mass is 16.2. The molecular weight excluding hydrogens is 366 g/mol. The molecule has 1 aliphatic rings. The average molecular weight is 392 g/mol. The van der Waals surface area contributed by atoms with Crippen molar-refractivity contribution < 1.29 is 9.69 Å². The van der Waals surface area contributed by atoms with Gasteiger partial charge in [0.1, 0.15) is 18.1 Å². The molecule has 0 spiro atoms. The minimum atomic E-state index is -0.615. The van der Waals surface area contributed by atoms with Gasteiger partial charge in [-0.15, -0.1) is 5.10 Å². The van der Waals surface area contributed by atoms with E-state index >= 15 is 0 Å². The highest BCUT2D eigenvalue weighted by Gasteiger charge is 2.30. The number of carbonyl (C=O) groups is 1. The summed E-state index contributed by atoms with van der Waals surface area (Å²) in [6.45, 7) is 6.05. The molecule has 29 heavy (non-hydrogen) atoms. The minimum Gasteiger partial charge on any atom is -0.330 e. The van der Waals surface area contributed by atoms with Crippen LogP contribution in [0.2, 0.25) is 0 Å². The van der Waals surface area contributed by atoms with Crippen LogP contribution in [0.3, 0.4) is 0 Å². The zero-order valence-electron chi connectivity index (χ0n) is 16.6. The van der Waals surface area contributed by atoms with Crippen LogP contribution in [0.25, 0.3) is 10.9 Å². The molecule has 2 aromatic carbocycles. The average Bonchev–Trinajstić information content (AvgIpc) is 2.77. The van der Waals surface area contributed by atoms with Crippen LogP contribution >= 0.6 is 0 Å². The van der Waals surface area contributed by atoms with Crippen molar-refractivity contribution in [2.24, 2.45) is 0 Å². The number of amides is 1. The van der Waals surface area contributed by atoms with E-state index in [9.17, 15) is 9.59 Å². The summed E-state index contributed by atoms with van der Waals surface area (Å²) >= 11 is 0. The Hall–Kier alpha value is -3.06. The smallest absolute Gasteiger partial charge is 0.278 e. The quantitative estimate of drug-likeness (QED) is 0.693. The second-order valence-corrected chi connectivity index (χ2v) is 7.52. The molecule has 0 saturated carbocycles. The first-order valence-corrected chi connectivity index (χ1v) is 10.2. The molecule has 1 aromatic heterocycles. The number of carbonyl (C=O) groups excluding carboxylic acids is 1. The Labute approximate surface area is 169 Å². The first-order chi connectivity index (χ1) is 14.2. The van der Waals surface area contributed by atoms with Crippen LogP contribution in [0.15, 0.2) is 59.4 Å². The Kier molecular flexibility index (Phi) is 5.67. The largest absolute Gasteiger partial charge is 0.330 e. The molecule has 1 fully saturated rings. The van der Waals surface area contributed by atoms with Gasteiger partial charge in [0.15, 0.2) is 0 Å². The zero-order valence-corrected chi connectivity index (χ0v) is 16.6. The van der Waals surface area contributed by atoms with Gasteiger partial charge in [-0.1, -0.05) is 54.6 Å². The summed E-state index contributed by atoms with van der Waals surface area (Å²) in [6, 6.07) is 16.9. The van der Waals surface area contributed by atoms with Crippen LogP contribution in [-0.2, 0) is 11.3 Å². The van der Waals surface area contributed by atoms with Gasteiger partial charge in [-0.3, -0.25) is 9.59 Å². The Morgan fingerprint density at radius 2 is 1.76 bits per heavy atom. The molecule has 0 radical (unpaired) electrons. The van der Waals surface area contributed by atoms with E-state index in [1.54, 1.807) is 18.2 Å². The predicted molar refractivity (Wildman–Crippen MR) is 111 cm³/mol. The maximum atomic E-state index is 13.2. The van der Waals surface area contributed by atoms with Crippen LogP contribution in [0.4, 0.5) is 0 Å². The van der Waals surface area contributed by atoms with Crippen molar-refractivity contribution in [2.75, 3.05) is 26.2 Å². The van der Waals surface area contributed by atoms with Crippen molar-refractivity contribution in [1.82, 2.24) is 19.9 Å². The number of quaternary nitrogens is 1. The van der Waals surface area contributed by atoms with Crippen molar-refractivity contribution in [3.8, 4) is 0 Å². The zero-order chi connectivity index (χ0) is 20.2. The molecule has 0 unspecified atom stereocenters. The fourth-order valence-corrected chi connectivity index (χ4v) is 3.97. The van der Waals surface area contributed by atoms with Crippen LogP contribution in [0, 0.1) is 0 Å². The lowest BCUT2D eigenvalue weighted by Gasteiger charge is -2.34. The number of rotatable bonds is 5. The van der Waals surface area contributed by atoms with E-state index in [2.05, 4.69) is 34.6 Å². The molecular formula is C22H26N5O2+. The van der Waals surface area contributed by atoms with E-state index in [0.29, 0.717) is 30.4 Å². The van der Waals surface area contributed by atoms with Crippen molar-refractivity contribution in [3.63, 3.8) is 0 Å². The lowest BCUT2D eigenvalue weighted by Crippen LogP contribution is -3.13. The molecule has 3 aromatic rings. The Balaban J connectivity index is 1.46. The summed E-state index contributed by atoms with van der Waals surface area (Å²) in [7, 11) is 0. The summed E-state index contributed by atoms with van der Waals surface area (Å²) in [5.74, 6) is -0.0436. The number of fused-ring (bicyclic) bond motifs is 1. The molecule has 1 N–H and O–H groups in total. The molecule has 1 amide bonds. The fraction of sp³-hybridized carbons (Fsp3) is 0.364. The summed E-state index contributed by atoms with van der Waals surface area (Å²) in [4.78, 5) is 29.4. The van der Waals surface area contributed by atoms with Gasteiger partial charge in [0.25, 0.3) is 5.56 Å². The van der Waals surface area contributed by atoms with Crippen molar-refractivity contribution >= 4 is 16.8 Å². The van der Waals surface area contributed by atoms with Crippen LogP contribution in [-0.4, -0.2) is 52.0 Å². The molecule has 150 valence electrons. The number of hydrogen-bond donors (Lipinski definition) is 1. The normalized spacial score (nSPS) is 16.1. The van der Waals surface area contributed by atoms with Crippen molar-refractivity contribution in [2.45, 2.75) is 25.9 Å². The molecule has 4 rings (SSSR count). The lowest BCUT2D eigenvalue weighted by atomic mass is 10.1. The minimum absolute atomic E-state index is 0.0436. The Morgan fingerprint density at radius 3 is 2.48 bits per heavy atom. The summed E-state index contributed by atoms with van der Waals surface area (Å²) < 4.78 is 1.26. The topological polar surface area (TPSA) is 72.5 Å². The number of aromatic nitrogens is 3. The second kappa shape index (κ2) is 8.53. The highest BCUT2D eigenvalue weighted by molar-refractivity contribution is 5.81. The number of nitrogens with zero attached hydrogens (tertiary/aromatic N) is 4. The fourth-order valence-electron chi connectivity index (χ4n) is 3.97. The van der Waals surface area contributed by atoms with Gasteiger partial charge in [-0.05, 0) is 18.6 Å². The molecule has 7 nitrogen and oxygen atoms in total. The van der Waals surface area contributed by atoms with E-state index in [4.69, 9.17) is 0 Å². The first-order valence-electron chi connectivity index (χ1n) is 10.2. The van der Waals surface area contributed by atoms with Gasteiger partial charge in [0.05, 0.1) is 31.6 Å². The highest BCUT2D eigenvalue weighted by Crippen LogP contribution is 2.14. The van der Waals surface area contributed by atoms with E-state index in [1.165, 1.54) is 15.1 Å². The molecule has 7 heteroatoms. The molecule has 1 atom stereocenters. The van der Waals surface area contributed by atoms with Crippen LogP contribution in [0.5, 0.6) is 0 Å². The number of piperazine rings is 1. The number of benzene rings is 2. The SMILES string of the molecule is CC[C@@H](C(=O)N1CC[NH+](Cc2ccccc2)CC1)n1nnc2ccccc2c1=O. The van der Waals surface area contributed by atoms with Gasteiger partial charge in [-0.25, -0.2) is 0 Å². The summed E-state index contributed by atoms with van der Waals surface area (Å²) in [5, 5.41) is 8.69. The number of hydrogen-bond acceptors (Lipinski definition) is 4. The second-order valence-electron chi connectivity index (χ2n) is 7.52. The van der Waals surface area contributed by atoms with E-state index in [1.807, 2.05) is 24.0 Å². The molecule has 1 aliphatic heterocycles. The third kappa shape index (κ3) is 4.05. The van der Waals surface area contributed by atoms with Gasteiger partial charge in [0.2, 0.25) is 5.91 Å². The van der Waals surface area contributed by atoms with E-state index in [-0.39, 0.29) is 11.5 Å².